The summed E-state index contributed by atoms with van der Waals surface area (Å²) in [6, 6.07) is 10.9. The molecule has 16 heavy (non-hydrogen) atoms. The van der Waals surface area contributed by atoms with Crippen LogP contribution in [0.1, 0.15) is 31.7 Å². The predicted octanol–water partition coefficient (Wildman–Crippen LogP) is 2.42. The summed E-state index contributed by atoms with van der Waals surface area (Å²) < 4.78 is 0. The third-order valence-electron chi connectivity index (χ3n) is 3.45. The van der Waals surface area contributed by atoms with Gasteiger partial charge in [-0.3, -0.25) is 4.90 Å². The molecule has 2 rings (SSSR count). The first kappa shape index (κ1) is 11.6. The van der Waals surface area contributed by atoms with Crippen molar-refractivity contribution in [3.05, 3.63) is 35.9 Å². The number of aliphatic hydroxyl groups is 1. The van der Waals surface area contributed by atoms with Crippen molar-refractivity contribution in [1.82, 2.24) is 4.90 Å². The number of nitrogens with zero attached hydrogens (tertiary/aromatic N) is 1. The van der Waals surface area contributed by atoms with E-state index in [1.165, 1.54) is 18.4 Å². The van der Waals surface area contributed by atoms with Crippen LogP contribution in [0.2, 0.25) is 0 Å². The fraction of sp³-hybridized carbons (Fsp3) is 0.571. The molecular weight excluding hydrogens is 198 g/mol. The number of hydrogen-bond donors (Lipinski definition) is 1. The molecule has 0 amide bonds. The quantitative estimate of drug-likeness (QED) is 0.844. The van der Waals surface area contributed by atoms with Gasteiger partial charge in [0.15, 0.2) is 0 Å². The number of piperidine rings is 1. The molecule has 1 N–H and O–H groups in total. The number of hydrogen-bond acceptors (Lipinski definition) is 2. The fourth-order valence-corrected chi connectivity index (χ4v) is 2.58. The minimum Gasteiger partial charge on any atom is -0.392 e. The molecule has 0 spiro atoms. The Morgan fingerprint density at radius 1 is 1.31 bits per heavy atom. The maximum absolute atomic E-state index is 9.78. The van der Waals surface area contributed by atoms with Crippen molar-refractivity contribution >= 4 is 0 Å². The smallest absolute Gasteiger partial charge is 0.0667 e. The van der Waals surface area contributed by atoms with Gasteiger partial charge in [-0.2, -0.15) is 0 Å². The van der Waals surface area contributed by atoms with E-state index in [0.29, 0.717) is 6.04 Å². The van der Waals surface area contributed by atoms with Gasteiger partial charge in [0.1, 0.15) is 0 Å². The summed E-state index contributed by atoms with van der Waals surface area (Å²) in [5, 5.41) is 9.78. The molecule has 0 unspecified atom stereocenters. The van der Waals surface area contributed by atoms with Crippen molar-refractivity contribution in [2.45, 2.75) is 44.9 Å². The average molecular weight is 219 g/mol. The van der Waals surface area contributed by atoms with Crippen LogP contribution in [-0.2, 0) is 6.54 Å². The van der Waals surface area contributed by atoms with Gasteiger partial charge in [-0.25, -0.2) is 0 Å². The molecule has 0 aromatic heterocycles. The standard InChI is InChI=1S/C14H21NO/c1-12(16)14-9-5-6-10-15(14)11-13-7-3-2-4-8-13/h2-4,7-8,12,14,16H,5-6,9-11H2,1H3/t12-,14-/m0/s1. The Kier molecular flexibility index (Phi) is 3.97. The van der Waals surface area contributed by atoms with Crippen LogP contribution in [0, 0.1) is 0 Å². The molecule has 2 nitrogen and oxygen atoms in total. The van der Waals surface area contributed by atoms with E-state index < -0.39 is 0 Å². The maximum atomic E-state index is 9.78. The summed E-state index contributed by atoms with van der Waals surface area (Å²) in [7, 11) is 0. The van der Waals surface area contributed by atoms with Crippen molar-refractivity contribution in [2.24, 2.45) is 0 Å². The molecule has 88 valence electrons. The second-order valence-electron chi connectivity index (χ2n) is 4.76. The van der Waals surface area contributed by atoms with Gasteiger partial charge >= 0.3 is 0 Å². The molecule has 1 saturated heterocycles. The summed E-state index contributed by atoms with van der Waals surface area (Å²) in [6.07, 6.45) is 3.42. The summed E-state index contributed by atoms with van der Waals surface area (Å²) in [4.78, 5) is 2.42. The van der Waals surface area contributed by atoms with Gasteiger partial charge in [0.2, 0.25) is 0 Å². The molecule has 0 aliphatic carbocycles. The van der Waals surface area contributed by atoms with E-state index in [2.05, 4.69) is 29.2 Å². The number of aliphatic hydroxyl groups excluding tert-OH is 1. The Bertz CT molecular complexity index is 310. The van der Waals surface area contributed by atoms with E-state index in [1.54, 1.807) is 0 Å². The lowest BCUT2D eigenvalue weighted by atomic mass is 9.97. The van der Waals surface area contributed by atoms with Crippen molar-refractivity contribution in [3.8, 4) is 0 Å². The molecule has 1 heterocycles. The lowest BCUT2D eigenvalue weighted by molar-refractivity contribution is 0.0317. The molecule has 0 bridgehead atoms. The Morgan fingerprint density at radius 3 is 2.75 bits per heavy atom. The SMILES string of the molecule is C[C@H](O)[C@@H]1CCCCN1Cc1ccccc1. The molecule has 2 heteroatoms. The van der Waals surface area contributed by atoms with E-state index in [4.69, 9.17) is 0 Å². The van der Waals surface area contributed by atoms with E-state index >= 15 is 0 Å². The van der Waals surface area contributed by atoms with Crippen LogP contribution < -0.4 is 0 Å². The van der Waals surface area contributed by atoms with Crippen LogP contribution in [0.3, 0.4) is 0 Å². The highest BCUT2D eigenvalue weighted by Crippen LogP contribution is 2.21. The summed E-state index contributed by atoms with van der Waals surface area (Å²) >= 11 is 0. The minimum absolute atomic E-state index is 0.219. The van der Waals surface area contributed by atoms with Crippen LogP contribution in [-0.4, -0.2) is 28.7 Å². The Hall–Kier alpha value is -0.860. The second-order valence-corrected chi connectivity index (χ2v) is 4.76. The van der Waals surface area contributed by atoms with Crippen LogP contribution in [0.15, 0.2) is 30.3 Å². The third-order valence-corrected chi connectivity index (χ3v) is 3.45. The molecule has 0 saturated carbocycles. The number of rotatable bonds is 3. The van der Waals surface area contributed by atoms with Gasteiger partial charge in [0, 0.05) is 12.6 Å². The van der Waals surface area contributed by atoms with Gasteiger partial charge in [-0.1, -0.05) is 36.8 Å². The molecule has 1 aromatic carbocycles. The van der Waals surface area contributed by atoms with Gasteiger partial charge in [-0.15, -0.1) is 0 Å². The summed E-state index contributed by atoms with van der Waals surface area (Å²) in [5.41, 5.74) is 1.34. The third kappa shape index (κ3) is 2.83. The van der Waals surface area contributed by atoms with Gasteiger partial charge in [-0.05, 0) is 31.9 Å². The van der Waals surface area contributed by atoms with Crippen LogP contribution in [0.5, 0.6) is 0 Å². The molecule has 1 aromatic rings. The van der Waals surface area contributed by atoms with Crippen molar-refractivity contribution in [3.63, 3.8) is 0 Å². The largest absolute Gasteiger partial charge is 0.392 e. The van der Waals surface area contributed by atoms with Crippen molar-refractivity contribution in [2.75, 3.05) is 6.54 Å². The fourth-order valence-electron chi connectivity index (χ4n) is 2.58. The lowest BCUT2D eigenvalue weighted by Gasteiger charge is -2.37. The second kappa shape index (κ2) is 5.46. The Labute approximate surface area is 97.9 Å². The highest BCUT2D eigenvalue weighted by atomic mass is 16.3. The molecular formula is C14H21NO. The number of likely N-dealkylation sites (tertiary alicyclic amines) is 1. The van der Waals surface area contributed by atoms with E-state index in [9.17, 15) is 5.11 Å². The topological polar surface area (TPSA) is 23.5 Å². The van der Waals surface area contributed by atoms with E-state index in [-0.39, 0.29) is 6.10 Å². The van der Waals surface area contributed by atoms with Crippen LogP contribution in [0.25, 0.3) is 0 Å². The zero-order valence-electron chi connectivity index (χ0n) is 9.97. The molecule has 0 radical (unpaired) electrons. The van der Waals surface area contributed by atoms with Gasteiger partial charge in [0.05, 0.1) is 6.10 Å². The van der Waals surface area contributed by atoms with Crippen LogP contribution >= 0.6 is 0 Å². The Balaban J connectivity index is 2.01. The molecule has 1 aliphatic rings. The van der Waals surface area contributed by atoms with Crippen LogP contribution in [0.4, 0.5) is 0 Å². The predicted molar refractivity (Wildman–Crippen MR) is 66.2 cm³/mol. The van der Waals surface area contributed by atoms with Crippen molar-refractivity contribution in [1.29, 1.82) is 0 Å². The monoisotopic (exact) mass is 219 g/mol. The highest BCUT2D eigenvalue weighted by Gasteiger charge is 2.25. The van der Waals surface area contributed by atoms with Gasteiger partial charge < -0.3 is 5.11 Å². The zero-order chi connectivity index (χ0) is 11.4. The summed E-state index contributed by atoms with van der Waals surface area (Å²) in [6.45, 7) is 3.99. The zero-order valence-corrected chi connectivity index (χ0v) is 9.97. The normalized spacial score (nSPS) is 24.2. The first-order valence-electron chi connectivity index (χ1n) is 6.23. The Morgan fingerprint density at radius 2 is 2.06 bits per heavy atom. The maximum Gasteiger partial charge on any atom is 0.0667 e. The minimum atomic E-state index is -0.219. The van der Waals surface area contributed by atoms with E-state index in [1.807, 2.05) is 13.0 Å². The molecule has 1 aliphatic heterocycles. The molecule has 2 atom stereocenters. The number of benzene rings is 1. The first-order valence-corrected chi connectivity index (χ1v) is 6.23. The molecule has 1 fully saturated rings. The average Bonchev–Trinajstić information content (AvgIpc) is 2.31. The lowest BCUT2D eigenvalue weighted by Crippen LogP contribution is -2.45. The van der Waals surface area contributed by atoms with Crippen molar-refractivity contribution < 1.29 is 5.11 Å². The highest BCUT2D eigenvalue weighted by molar-refractivity contribution is 5.14. The van der Waals surface area contributed by atoms with E-state index in [0.717, 1.165) is 19.5 Å². The van der Waals surface area contributed by atoms with Gasteiger partial charge in [0.25, 0.3) is 0 Å². The first-order chi connectivity index (χ1) is 7.77. The summed E-state index contributed by atoms with van der Waals surface area (Å²) in [5.74, 6) is 0.